The fraction of sp³-hybridized carbons (Fsp3) is 0.429. The molecule has 1 N–H and O–H groups in total. The molecule has 106 valence electrons. The van der Waals surface area contributed by atoms with Crippen molar-refractivity contribution in [3.63, 3.8) is 0 Å². The summed E-state index contributed by atoms with van der Waals surface area (Å²) in [6.45, 7) is 0.824. The molecule has 1 aliphatic rings. The zero-order chi connectivity index (χ0) is 13.9. The Labute approximate surface area is 125 Å². The third-order valence-electron chi connectivity index (χ3n) is 3.46. The lowest BCUT2D eigenvalue weighted by Gasteiger charge is -2.04. The highest BCUT2D eigenvalue weighted by atomic mass is 79.9. The lowest BCUT2D eigenvalue weighted by Crippen LogP contribution is -2.16. The van der Waals surface area contributed by atoms with E-state index in [1.165, 1.54) is 0 Å². The van der Waals surface area contributed by atoms with Crippen molar-refractivity contribution in [1.29, 1.82) is 0 Å². The molecule has 5 nitrogen and oxygen atoms in total. The van der Waals surface area contributed by atoms with Crippen molar-refractivity contribution >= 4 is 15.9 Å². The Bertz CT molecular complexity index is 587. The zero-order valence-electron chi connectivity index (χ0n) is 11.2. The molecule has 0 radical (unpaired) electrons. The third-order valence-corrected chi connectivity index (χ3v) is 3.95. The van der Waals surface area contributed by atoms with Crippen LogP contribution in [-0.4, -0.2) is 29.9 Å². The number of aromatic nitrogens is 2. The van der Waals surface area contributed by atoms with Crippen LogP contribution in [0.25, 0.3) is 0 Å². The average molecular weight is 338 g/mol. The van der Waals surface area contributed by atoms with Crippen molar-refractivity contribution in [1.82, 2.24) is 15.5 Å². The average Bonchev–Trinajstić information content (AvgIpc) is 3.07. The van der Waals surface area contributed by atoms with E-state index in [4.69, 9.17) is 9.26 Å². The van der Waals surface area contributed by atoms with Gasteiger partial charge >= 0.3 is 0 Å². The second kappa shape index (κ2) is 6.03. The number of nitrogens with zero attached hydrogens (tertiary/aromatic N) is 2. The molecule has 6 heteroatoms. The topological polar surface area (TPSA) is 60.2 Å². The van der Waals surface area contributed by atoms with Gasteiger partial charge in [-0.25, -0.2) is 0 Å². The van der Waals surface area contributed by atoms with Crippen molar-refractivity contribution < 1.29 is 9.26 Å². The Balaban J connectivity index is 1.68. The Kier molecular flexibility index (Phi) is 4.14. The monoisotopic (exact) mass is 337 g/mol. The number of ether oxygens (including phenoxy) is 1. The van der Waals surface area contributed by atoms with E-state index in [2.05, 4.69) is 43.5 Å². The highest BCUT2D eigenvalue weighted by Crippen LogP contribution is 2.23. The first kappa shape index (κ1) is 13.7. The maximum absolute atomic E-state index is 5.35. The Morgan fingerprint density at radius 1 is 1.50 bits per heavy atom. The van der Waals surface area contributed by atoms with Crippen molar-refractivity contribution in [3.8, 4) is 0 Å². The molecule has 20 heavy (non-hydrogen) atoms. The molecule has 0 amide bonds. The van der Waals surface area contributed by atoms with Crippen molar-refractivity contribution in [2.24, 2.45) is 0 Å². The van der Waals surface area contributed by atoms with Crippen LogP contribution in [0, 0.1) is 0 Å². The van der Waals surface area contributed by atoms with Crippen LogP contribution in [0.15, 0.2) is 33.3 Å². The van der Waals surface area contributed by atoms with Crippen LogP contribution in [-0.2, 0) is 11.2 Å². The predicted molar refractivity (Wildman–Crippen MR) is 77.4 cm³/mol. The minimum Gasteiger partial charge on any atom is -0.380 e. The summed E-state index contributed by atoms with van der Waals surface area (Å²) in [4.78, 5) is 4.47. The maximum atomic E-state index is 5.35. The lowest BCUT2D eigenvalue weighted by molar-refractivity contribution is 0.116. The summed E-state index contributed by atoms with van der Waals surface area (Å²) in [6, 6.07) is 8.21. The van der Waals surface area contributed by atoms with Crippen LogP contribution in [0.3, 0.4) is 0 Å². The van der Waals surface area contributed by atoms with Gasteiger partial charge in [0.25, 0.3) is 0 Å². The number of nitrogens with one attached hydrogen (secondary N) is 1. The SMILES string of the molecule is CO[C@@H]1CN[C@@H](c2nc(Cc3cccc(Br)c3)no2)C1. The molecule has 2 atom stereocenters. The number of benzene rings is 1. The molecule has 1 saturated heterocycles. The largest absolute Gasteiger partial charge is 0.380 e. The van der Waals surface area contributed by atoms with Gasteiger partial charge in [0.1, 0.15) is 0 Å². The van der Waals surface area contributed by atoms with Gasteiger partial charge in [-0.05, 0) is 24.1 Å². The number of hydrogen-bond donors (Lipinski definition) is 1. The summed E-state index contributed by atoms with van der Waals surface area (Å²) in [5.41, 5.74) is 1.15. The Morgan fingerprint density at radius 3 is 3.15 bits per heavy atom. The van der Waals surface area contributed by atoms with Gasteiger partial charge in [-0.2, -0.15) is 4.98 Å². The first-order chi connectivity index (χ1) is 9.74. The van der Waals surface area contributed by atoms with Gasteiger partial charge in [-0.1, -0.05) is 33.2 Å². The first-order valence-corrected chi connectivity index (χ1v) is 7.37. The predicted octanol–water partition coefficient (Wildman–Crippen LogP) is 2.47. The van der Waals surface area contributed by atoms with Gasteiger partial charge in [0, 0.05) is 24.5 Å². The van der Waals surface area contributed by atoms with Crippen molar-refractivity contribution in [2.45, 2.75) is 25.0 Å². The molecule has 0 aliphatic carbocycles. The van der Waals surface area contributed by atoms with Gasteiger partial charge in [-0.15, -0.1) is 0 Å². The quantitative estimate of drug-likeness (QED) is 0.928. The molecule has 1 aromatic heterocycles. The third kappa shape index (κ3) is 3.08. The molecule has 2 heterocycles. The Morgan fingerprint density at radius 2 is 2.40 bits per heavy atom. The van der Waals surface area contributed by atoms with Gasteiger partial charge in [-0.3, -0.25) is 0 Å². The normalized spacial score (nSPS) is 22.3. The van der Waals surface area contributed by atoms with Crippen molar-refractivity contribution in [3.05, 3.63) is 46.0 Å². The minimum atomic E-state index is 0.101. The maximum Gasteiger partial charge on any atom is 0.243 e. The van der Waals surface area contributed by atoms with E-state index >= 15 is 0 Å². The van der Waals surface area contributed by atoms with Crippen LogP contribution in [0.2, 0.25) is 0 Å². The molecular weight excluding hydrogens is 322 g/mol. The number of halogens is 1. The second-order valence-electron chi connectivity index (χ2n) is 4.91. The highest BCUT2D eigenvalue weighted by Gasteiger charge is 2.29. The molecule has 1 aromatic carbocycles. The summed E-state index contributed by atoms with van der Waals surface area (Å²) in [7, 11) is 1.72. The fourth-order valence-electron chi connectivity index (χ4n) is 2.38. The van der Waals surface area contributed by atoms with Crippen LogP contribution in [0.5, 0.6) is 0 Å². The lowest BCUT2D eigenvalue weighted by atomic mass is 10.1. The van der Waals surface area contributed by atoms with E-state index in [0.717, 1.165) is 23.0 Å². The van der Waals surface area contributed by atoms with Crippen LogP contribution < -0.4 is 5.32 Å². The van der Waals surface area contributed by atoms with Crippen molar-refractivity contribution in [2.75, 3.05) is 13.7 Å². The zero-order valence-corrected chi connectivity index (χ0v) is 12.8. The van der Waals surface area contributed by atoms with E-state index < -0.39 is 0 Å². The summed E-state index contributed by atoms with van der Waals surface area (Å²) in [5.74, 6) is 1.36. The van der Waals surface area contributed by atoms with Gasteiger partial charge in [0.05, 0.1) is 12.1 Å². The number of hydrogen-bond acceptors (Lipinski definition) is 5. The summed E-state index contributed by atoms with van der Waals surface area (Å²) >= 11 is 3.46. The molecule has 0 spiro atoms. The highest BCUT2D eigenvalue weighted by molar-refractivity contribution is 9.10. The van der Waals surface area contributed by atoms with E-state index in [9.17, 15) is 0 Å². The summed E-state index contributed by atoms with van der Waals surface area (Å²) < 4.78 is 11.7. The molecule has 1 aliphatic heterocycles. The fourth-order valence-corrected chi connectivity index (χ4v) is 2.83. The number of rotatable bonds is 4. The van der Waals surface area contributed by atoms with Crippen LogP contribution in [0.1, 0.15) is 29.7 Å². The van der Waals surface area contributed by atoms with Gasteiger partial charge in [0.15, 0.2) is 5.82 Å². The molecule has 0 saturated carbocycles. The standard InChI is InChI=1S/C14H16BrN3O2/c1-19-11-7-12(16-8-11)14-17-13(18-20-14)6-9-3-2-4-10(15)5-9/h2-5,11-12,16H,6-8H2,1H3/t11-,12+/m0/s1. The minimum absolute atomic E-state index is 0.101. The Hall–Kier alpha value is -1.24. The number of methoxy groups -OCH3 is 1. The van der Waals surface area contributed by atoms with Crippen LogP contribution in [0.4, 0.5) is 0 Å². The first-order valence-electron chi connectivity index (χ1n) is 6.57. The molecule has 3 rings (SSSR count). The molecule has 2 aromatic rings. The van der Waals surface area contributed by atoms with E-state index in [1.807, 2.05) is 12.1 Å². The molecule has 0 bridgehead atoms. The summed E-state index contributed by atoms with van der Waals surface area (Å²) in [6.07, 6.45) is 1.76. The summed E-state index contributed by atoms with van der Waals surface area (Å²) in [5, 5.41) is 7.39. The van der Waals surface area contributed by atoms with Gasteiger partial charge in [0.2, 0.25) is 5.89 Å². The van der Waals surface area contributed by atoms with Crippen LogP contribution >= 0.6 is 15.9 Å². The van der Waals surface area contributed by atoms with E-state index in [-0.39, 0.29) is 12.1 Å². The molecule has 0 unspecified atom stereocenters. The molecule has 1 fully saturated rings. The van der Waals surface area contributed by atoms with E-state index in [1.54, 1.807) is 7.11 Å². The smallest absolute Gasteiger partial charge is 0.243 e. The van der Waals surface area contributed by atoms with E-state index in [0.29, 0.717) is 18.1 Å². The second-order valence-corrected chi connectivity index (χ2v) is 5.83. The molecular formula is C14H16BrN3O2. The van der Waals surface area contributed by atoms with Gasteiger partial charge < -0.3 is 14.6 Å².